The zero-order valence-electron chi connectivity index (χ0n) is 18.1. The lowest BCUT2D eigenvalue weighted by atomic mass is 10.1. The van der Waals surface area contributed by atoms with Crippen LogP contribution >= 0.6 is 0 Å². The first kappa shape index (κ1) is 20.0. The predicted molar refractivity (Wildman–Crippen MR) is 125 cm³/mol. The lowest BCUT2D eigenvalue weighted by Gasteiger charge is -2.13. The number of aryl methyl sites for hydroxylation is 1. The highest BCUT2D eigenvalue weighted by Crippen LogP contribution is 2.28. The fourth-order valence-electron chi connectivity index (χ4n) is 3.54. The molecule has 5 nitrogen and oxygen atoms in total. The van der Waals surface area contributed by atoms with Crippen LogP contribution in [0.5, 0.6) is 0 Å². The monoisotopic (exact) mass is 423 g/mol. The fraction of sp³-hybridized carbons (Fsp3) is 0.154. The molecule has 0 saturated carbocycles. The van der Waals surface area contributed by atoms with Gasteiger partial charge in [0, 0.05) is 29.1 Å². The Morgan fingerprint density at radius 2 is 1.56 bits per heavy atom. The lowest BCUT2D eigenvalue weighted by molar-refractivity contribution is 0.214. The van der Waals surface area contributed by atoms with Gasteiger partial charge in [-0.25, -0.2) is 19.3 Å². The molecule has 0 atom stereocenters. The molecule has 0 radical (unpaired) electrons. The number of aromatic nitrogens is 5. The molecule has 0 spiro atoms. The van der Waals surface area contributed by atoms with E-state index in [1.54, 1.807) is 12.3 Å². The van der Waals surface area contributed by atoms with Crippen LogP contribution < -0.4 is 0 Å². The van der Waals surface area contributed by atoms with Gasteiger partial charge in [-0.2, -0.15) is 0 Å². The summed E-state index contributed by atoms with van der Waals surface area (Å²) in [5.74, 6) is 1.22. The summed E-state index contributed by atoms with van der Waals surface area (Å²) in [6.07, 6.45) is 3.41. The average molecular weight is 423 g/mol. The number of aromatic amines is 1. The van der Waals surface area contributed by atoms with E-state index in [2.05, 4.69) is 51.1 Å². The molecule has 3 aromatic heterocycles. The van der Waals surface area contributed by atoms with E-state index in [0.29, 0.717) is 11.5 Å². The Morgan fingerprint density at radius 3 is 2.28 bits per heavy atom. The number of hydrogen-bond acceptors (Lipinski definition) is 4. The Bertz CT molecular complexity index is 1400. The summed E-state index contributed by atoms with van der Waals surface area (Å²) in [7, 11) is 0. The fourth-order valence-corrected chi connectivity index (χ4v) is 3.54. The number of alkyl halides is 1. The highest BCUT2D eigenvalue weighted by molar-refractivity contribution is 5.83. The molecule has 0 fully saturated rings. The lowest BCUT2D eigenvalue weighted by Crippen LogP contribution is -2.12. The van der Waals surface area contributed by atoms with Crippen LogP contribution in [0, 0.1) is 6.92 Å². The van der Waals surface area contributed by atoms with E-state index in [1.165, 1.54) is 19.4 Å². The summed E-state index contributed by atoms with van der Waals surface area (Å²) < 4.78 is 14.3. The Hall–Kier alpha value is -3.93. The van der Waals surface area contributed by atoms with E-state index in [-0.39, 0.29) is 0 Å². The maximum atomic E-state index is 14.3. The van der Waals surface area contributed by atoms with Gasteiger partial charge in [-0.15, -0.1) is 0 Å². The summed E-state index contributed by atoms with van der Waals surface area (Å²) in [6, 6.07) is 19.7. The second-order valence-electron chi connectivity index (χ2n) is 8.35. The Labute approximate surface area is 185 Å². The molecule has 158 valence electrons. The van der Waals surface area contributed by atoms with Crippen molar-refractivity contribution in [1.82, 2.24) is 24.9 Å². The molecule has 0 bridgehead atoms. The van der Waals surface area contributed by atoms with E-state index in [0.717, 1.165) is 39.2 Å². The van der Waals surface area contributed by atoms with E-state index < -0.39 is 5.67 Å². The van der Waals surface area contributed by atoms with Crippen LogP contribution in [0.25, 0.3) is 45.1 Å². The molecule has 32 heavy (non-hydrogen) atoms. The summed E-state index contributed by atoms with van der Waals surface area (Å²) in [4.78, 5) is 21.4. The van der Waals surface area contributed by atoms with Crippen LogP contribution in [0.2, 0.25) is 0 Å². The second-order valence-corrected chi connectivity index (χ2v) is 8.35. The first-order valence-corrected chi connectivity index (χ1v) is 10.4. The molecule has 0 unspecified atom stereocenters. The molecule has 2 aromatic carbocycles. The van der Waals surface area contributed by atoms with E-state index in [4.69, 9.17) is 4.98 Å². The van der Waals surface area contributed by atoms with Crippen molar-refractivity contribution >= 4 is 11.0 Å². The number of nitrogens with zero attached hydrogens (tertiary/aromatic N) is 4. The highest BCUT2D eigenvalue weighted by Gasteiger charge is 2.21. The van der Waals surface area contributed by atoms with Crippen LogP contribution in [-0.4, -0.2) is 24.9 Å². The average Bonchev–Trinajstić information content (AvgIpc) is 3.23. The SMILES string of the molecule is Cc1ccc(-c2ccc(-c3nc4ccc(-c5nccc(C(C)(C)F)n5)cc4[nH]3)cn2)cc1. The number of halogens is 1. The number of hydrogen-bond donors (Lipinski definition) is 1. The largest absolute Gasteiger partial charge is 0.338 e. The van der Waals surface area contributed by atoms with Gasteiger partial charge in [0.05, 0.1) is 22.4 Å². The number of imidazole rings is 1. The van der Waals surface area contributed by atoms with Crippen molar-refractivity contribution in [2.45, 2.75) is 26.4 Å². The van der Waals surface area contributed by atoms with Gasteiger partial charge in [0.1, 0.15) is 11.5 Å². The van der Waals surface area contributed by atoms with Crippen molar-refractivity contribution in [3.8, 4) is 34.0 Å². The van der Waals surface area contributed by atoms with E-state index in [9.17, 15) is 4.39 Å². The quantitative estimate of drug-likeness (QED) is 0.370. The van der Waals surface area contributed by atoms with E-state index in [1.807, 2.05) is 36.5 Å². The van der Waals surface area contributed by atoms with Crippen LogP contribution in [0.3, 0.4) is 0 Å². The summed E-state index contributed by atoms with van der Waals surface area (Å²) in [6.45, 7) is 5.04. The molecule has 6 heteroatoms. The molecule has 5 rings (SSSR count). The smallest absolute Gasteiger partial charge is 0.159 e. The second kappa shape index (κ2) is 7.64. The van der Waals surface area contributed by atoms with Crippen molar-refractivity contribution in [2.24, 2.45) is 0 Å². The summed E-state index contributed by atoms with van der Waals surface area (Å²) in [5, 5.41) is 0. The van der Waals surface area contributed by atoms with Gasteiger partial charge in [-0.1, -0.05) is 29.8 Å². The third-order valence-electron chi connectivity index (χ3n) is 5.39. The van der Waals surface area contributed by atoms with E-state index >= 15 is 0 Å². The zero-order valence-corrected chi connectivity index (χ0v) is 18.1. The Morgan fingerprint density at radius 1 is 0.812 bits per heavy atom. The first-order chi connectivity index (χ1) is 15.4. The molecule has 0 aliphatic heterocycles. The topological polar surface area (TPSA) is 67.3 Å². The number of benzene rings is 2. The standard InChI is InChI=1S/C26H22FN5/c1-16-4-6-17(7-5-16)20-10-9-19(15-29-20)25-30-21-11-8-18(14-22(21)31-25)24-28-13-12-23(32-24)26(2,3)27/h4-15H,1-3H3,(H,30,31). The third kappa shape index (κ3) is 3.87. The minimum absolute atomic E-state index is 0.354. The van der Waals surface area contributed by atoms with Crippen molar-refractivity contribution in [3.63, 3.8) is 0 Å². The van der Waals surface area contributed by atoms with Crippen LogP contribution in [0.15, 0.2) is 73.1 Å². The van der Waals surface area contributed by atoms with Gasteiger partial charge in [0.15, 0.2) is 5.82 Å². The number of fused-ring (bicyclic) bond motifs is 1. The van der Waals surface area contributed by atoms with Gasteiger partial charge in [-0.05, 0) is 57.2 Å². The zero-order chi connectivity index (χ0) is 22.3. The van der Waals surface area contributed by atoms with Gasteiger partial charge in [0.25, 0.3) is 0 Å². The third-order valence-corrected chi connectivity index (χ3v) is 5.39. The van der Waals surface area contributed by atoms with Crippen LogP contribution in [0.1, 0.15) is 25.1 Å². The van der Waals surface area contributed by atoms with Crippen molar-refractivity contribution in [1.29, 1.82) is 0 Å². The minimum atomic E-state index is -1.53. The molecule has 0 saturated heterocycles. The molecule has 0 aliphatic rings. The van der Waals surface area contributed by atoms with Crippen molar-refractivity contribution < 1.29 is 4.39 Å². The Balaban J connectivity index is 1.46. The highest BCUT2D eigenvalue weighted by atomic mass is 19.1. The number of rotatable bonds is 4. The van der Waals surface area contributed by atoms with Gasteiger partial charge in [-0.3, -0.25) is 4.98 Å². The van der Waals surface area contributed by atoms with Crippen LogP contribution in [-0.2, 0) is 5.67 Å². The Kier molecular flexibility index (Phi) is 4.78. The number of pyridine rings is 1. The minimum Gasteiger partial charge on any atom is -0.338 e. The maximum absolute atomic E-state index is 14.3. The maximum Gasteiger partial charge on any atom is 0.159 e. The van der Waals surface area contributed by atoms with Crippen molar-refractivity contribution in [2.75, 3.05) is 0 Å². The molecular weight excluding hydrogens is 401 g/mol. The van der Waals surface area contributed by atoms with Gasteiger partial charge < -0.3 is 4.98 Å². The molecular formula is C26H22FN5. The first-order valence-electron chi connectivity index (χ1n) is 10.4. The summed E-state index contributed by atoms with van der Waals surface area (Å²) >= 11 is 0. The molecule has 0 aliphatic carbocycles. The molecule has 3 heterocycles. The summed E-state index contributed by atoms with van der Waals surface area (Å²) in [5.41, 5.74) is 5.42. The predicted octanol–water partition coefficient (Wildman–Crippen LogP) is 6.26. The normalized spacial score (nSPS) is 11.8. The van der Waals surface area contributed by atoms with Crippen molar-refractivity contribution in [3.05, 3.63) is 84.3 Å². The van der Waals surface area contributed by atoms with Gasteiger partial charge >= 0.3 is 0 Å². The molecule has 0 amide bonds. The van der Waals surface area contributed by atoms with Gasteiger partial charge in [0.2, 0.25) is 0 Å². The number of H-pyrrole nitrogens is 1. The number of nitrogens with one attached hydrogen (secondary N) is 1. The molecule has 1 N–H and O–H groups in total. The molecule has 5 aromatic rings. The van der Waals surface area contributed by atoms with Crippen LogP contribution in [0.4, 0.5) is 4.39 Å².